The molecule has 0 aromatic heterocycles. The largest absolute Gasteiger partial charge is 0.377 e. The molecule has 0 aliphatic carbocycles. The van der Waals surface area contributed by atoms with Gasteiger partial charge in [0, 0.05) is 31.2 Å². The van der Waals surface area contributed by atoms with Crippen LogP contribution in [0.15, 0.2) is 29.5 Å². The van der Waals surface area contributed by atoms with E-state index >= 15 is 0 Å². The fourth-order valence-electron chi connectivity index (χ4n) is 0.712. The van der Waals surface area contributed by atoms with E-state index in [2.05, 4.69) is 23.7 Å². The van der Waals surface area contributed by atoms with Crippen molar-refractivity contribution in [2.45, 2.75) is 33.7 Å². The molecule has 2 heteroatoms. The van der Waals surface area contributed by atoms with E-state index in [-0.39, 0.29) is 0 Å². The molecule has 0 aliphatic heterocycles. The minimum atomic E-state index is 0.522. The van der Waals surface area contributed by atoms with Crippen LogP contribution in [-0.2, 0) is 0 Å². The van der Waals surface area contributed by atoms with Gasteiger partial charge in [-0.3, -0.25) is 4.99 Å². The van der Waals surface area contributed by atoms with Crippen LogP contribution in [0, 0.1) is 0 Å². The average molecular weight is 180 g/mol. The molecular weight excluding hydrogens is 160 g/mol. The van der Waals surface area contributed by atoms with Crippen molar-refractivity contribution in [2.75, 3.05) is 7.05 Å². The lowest BCUT2D eigenvalue weighted by Gasteiger charge is -2.17. The Morgan fingerprint density at radius 2 is 2.00 bits per heavy atom. The zero-order chi connectivity index (χ0) is 10.3. The Kier molecular flexibility index (Phi) is 5.94. The van der Waals surface area contributed by atoms with Crippen molar-refractivity contribution in [2.24, 2.45) is 4.99 Å². The number of hydrogen-bond donors (Lipinski definition) is 0. The summed E-state index contributed by atoms with van der Waals surface area (Å²) < 4.78 is 0. The molecule has 0 radical (unpaired) electrons. The van der Waals surface area contributed by atoms with Crippen molar-refractivity contribution in [3.63, 3.8) is 0 Å². The molecule has 74 valence electrons. The third kappa shape index (κ3) is 6.14. The maximum absolute atomic E-state index is 4.24. The van der Waals surface area contributed by atoms with E-state index in [0.29, 0.717) is 6.04 Å². The van der Waals surface area contributed by atoms with Crippen LogP contribution >= 0.6 is 0 Å². The van der Waals surface area contributed by atoms with Gasteiger partial charge in [-0.2, -0.15) is 0 Å². The monoisotopic (exact) mass is 180 g/mol. The normalized spacial score (nSPS) is 13.5. The lowest BCUT2D eigenvalue weighted by atomic mass is 10.3. The molecule has 0 aromatic carbocycles. The lowest BCUT2D eigenvalue weighted by Crippen LogP contribution is -2.19. The second kappa shape index (κ2) is 6.46. The molecule has 0 amide bonds. The zero-order valence-electron chi connectivity index (χ0n) is 9.28. The molecule has 0 fully saturated rings. The van der Waals surface area contributed by atoms with Gasteiger partial charge in [-0.05, 0) is 33.8 Å². The zero-order valence-corrected chi connectivity index (χ0v) is 9.28. The molecule has 0 N–H and O–H groups in total. The Balaban J connectivity index is 4.06. The quantitative estimate of drug-likeness (QED) is 0.607. The summed E-state index contributed by atoms with van der Waals surface area (Å²) in [6.07, 6.45) is 7.78. The fourth-order valence-corrected chi connectivity index (χ4v) is 0.712. The van der Waals surface area contributed by atoms with Crippen LogP contribution in [0.3, 0.4) is 0 Å². The fraction of sp³-hybridized carbons (Fsp3) is 0.545. The summed E-state index contributed by atoms with van der Waals surface area (Å²) in [5.41, 5.74) is 1.02. The molecule has 0 spiro atoms. The number of aliphatic imine (C=N–C) groups is 1. The summed E-state index contributed by atoms with van der Waals surface area (Å²) in [5, 5.41) is 0. The van der Waals surface area contributed by atoms with Crippen LogP contribution in [-0.4, -0.2) is 23.7 Å². The van der Waals surface area contributed by atoms with Crippen molar-refractivity contribution in [3.05, 3.63) is 24.6 Å². The van der Waals surface area contributed by atoms with Gasteiger partial charge >= 0.3 is 0 Å². The van der Waals surface area contributed by atoms with E-state index in [9.17, 15) is 0 Å². The highest BCUT2D eigenvalue weighted by atomic mass is 15.1. The first-order valence-electron chi connectivity index (χ1n) is 4.63. The predicted octanol–water partition coefficient (Wildman–Crippen LogP) is 2.83. The third-order valence-electron chi connectivity index (χ3n) is 1.80. The molecule has 0 bridgehead atoms. The van der Waals surface area contributed by atoms with Crippen LogP contribution in [0.4, 0.5) is 0 Å². The second-order valence-corrected chi connectivity index (χ2v) is 3.33. The van der Waals surface area contributed by atoms with Crippen molar-refractivity contribution in [1.82, 2.24) is 4.90 Å². The predicted molar refractivity (Wildman–Crippen MR) is 60.0 cm³/mol. The van der Waals surface area contributed by atoms with Crippen molar-refractivity contribution < 1.29 is 0 Å². The Morgan fingerprint density at radius 3 is 2.46 bits per heavy atom. The molecule has 0 atom stereocenters. The van der Waals surface area contributed by atoms with Gasteiger partial charge in [0.25, 0.3) is 0 Å². The Bertz CT molecular complexity index is 212. The Hall–Kier alpha value is -1.05. The minimum absolute atomic E-state index is 0.522. The molecule has 0 saturated heterocycles. The van der Waals surface area contributed by atoms with E-state index in [0.717, 1.165) is 5.71 Å². The Labute approximate surface area is 81.7 Å². The second-order valence-electron chi connectivity index (χ2n) is 3.33. The first-order valence-corrected chi connectivity index (χ1v) is 4.63. The first kappa shape index (κ1) is 11.9. The third-order valence-corrected chi connectivity index (χ3v) is 1.80. The Morgan fingerprint density at radius 1 is 1.38 bits per heavy atom. The van der Waals surface area contributed by atoms with Gasteiger partial charge in [0.05, 0.1) is 0 Å². The summed E-state index contributed by atoms with van der Waals surface area (Å²) in [6, 6.07) is 0.522. The van der Waals surface area contributed by atoms with E-state index in [1.165, 1.54) is 0 Å². The van der Waals surface area contributed by atoms with E-state index < -0.39 is 0 Å². The first-order chi connectivity index (χ1) is 6.07. The molecule has 0 heterocycles. The van der Waals surface area contributed by atoms with Gasteiger partial charge in [0.15, 0.2) is 0 Å². The molecule has 13 heavy (non-hydrogen) atoms. The highest BCUT2D eigenvalue weighted by molar-refractivity contribution is 5.93. The van der Waals surface area contributed by atoms with E-state index in [4.69, 9.17) is 0 Å². The summed E-state index contributed by atoms with van der Waals surface area (Å²) in [5.74, 6) is 0. The standard InChI is InChI=1S/C11H20N2/c1-6-7-11(4)12-8-9-13(5)10(2)3/h6-10H,1-5H3/b7-6-,9-8-,12-11-. The van der Waals surface area contributed by atoms with Gasteiger partial charge in [-0.1, -0.05) is 6.08 Å². The molecule has 0 aliphatic rings. The molecule has 0 aromatic rings. The van der Waals surface area contributed by atoms with Gasteiger partial charge in [0.1, 0.15) is 0 Å². The minimum Gasteiger partial charge on any atom is -0.377 e. The lowest BCUT2D eigenvalue weighted by molar-refractivity contribution is 0.375. The molecule has 0 unspecified atom stereocenters. The summed E-state index contributed by atoms with van der Waals surface area (Å²) in [7, 11) is 2.04. The van der Waals surface area contributed by atoms with Crippen molar-refractivity contribution >= 4 is 5.71 Å². The smallest absolute Gasteiger partial charge is 0.0429 e. The van der Waals surface area contributed by atoms with Crippen molar-refractivity contribution in [1.29, 1.82) is 0 Å². The number of hydrogen-bond acceptors (Lipinski definition) is 2. The van der Waals surface area contributed by atoms with Gasteiger partial charge in [-0.25, -0.2) is 0 Å². The summed E-state index contributed by atoms with van der Waals surface area (Å²) >= 11 is 0. The van der Waals surface area contributed by atoms with Crippen LogP contribution in [0.1, 0.15) is 27.7 Å². The van der Waals surface area contributed by atoms with Crippen LogP contribution in [0.25, 0.3) is 0 Å². The maximum atomic E-state index is 4.24. The van der Waals surface area contributed by atoms with Gasteiger partial charge in [-0.15, -0.1) is 0 Å². The van der Waals surface area contributed by atoms with Crippen LogP contribution in [0.5, 0.6) is 0 Å². The topological polar surface area (TPSA) is 15.6 Å². The molecule has 0 rings (SSSR count). The number of rotatable bonds is 4. The number of allylic oxidation sites excluding steroid dienone is 2. The van der Waals surface area contributed by atoms with Crippen LogP contribution in [0.2, 0.25) is 0 Å². The van der Waals surface area contributed by atoms with E-state index in [1.807, 2.05) is 45.4 Å². The van der Waals surface area contributed by atoms with Gasteiger partial charge in [0.2, 0.25) is 0 Å². The molecular formula is C11H20N2. The average Bonchev–Trinajstić information content (AvgIpc) is 2.04. The summed E-state index contributed by atoms with van der Waals surface area (Å²) in [6.45, 7) is 8.27. The summed E-state index contributed by atoms with van der Waals surface area (Å²) in [4.78, 5) is 6.36. The van der Waals surface area contributed by atoms with Gasteiger partial charge < -0.3 is 4.90 Å². The highest BCUT2D eigenvalue weighted by Crippen LogP contribution is 1.94. The molecule has 0 saturated carbocycles. The van der Waals surface area contributed by atoms with E-state index in [1.54, 1.807) is 0 Å². The SMILES string of the molecule is C\C=C/C(C)=N\C=C/N(C)C(C)C. The highest BCUT2D eigenvalue weighted by Gasteiger charge is 1.93. The van der Waals surface area contributed by atoms with Crippen LogP contribution < -0.4 is 0 Å². The molecule has 2 nitrogen and oxygen atoms in total. The van der Waals surface area contributed by atoms with Crippen molar-refractivity contribution in [3.8, 4) is 0 Å². The maximum Gasteiger partial charge on any atom is 0.0429 e. The number of nitrogens with zero attached hydrogens (tertiary/aromatic N) is 2.